The normalized spacial score (nSPS) is 12.9. The molecule has 1 nitrogen and oxygen atoms in total. The number of rotatable bonds is 11. The first-order chi connectivity index (χ1) is 8.89. The zero-order chi connectivity index (χ0) is 14.9. The van der Waals surface area contributed by atoms with Gasteiger partial charge in [0.25, 0.3) is 0 Å². The first-order valence-corrected chi connectivity index (χ1v) is 11.0. The summed E-state index contributed by atoms with van der Waals surface area (Å²) < 4.78 is 0. The Morgan fingerprint density at radius 1 is 0.632 bits per heavy atom. The van der Waals surface area contributed by atoms with E-state index in [1.54, 1.807) is 0 Å². The fraction of sp³-hybridized carbons (Fsp3) is 1.00. The smallest absolute Gasteiger partial charge is 0.0612 e. The van der Waals surface area contributed by atoms with E-state index < -0.39 is 8.07 Å². The number of unbranched alkanes of at least 4 members (excludes halogenated alkanes) is 5. The lowest BCUT2D eigenvalue weighted by Crippen LogP contribution is -2.44. The van der Waals surface area contributed by atoms with Gasteiger partial charge in [0.15, 0.2) is 0 Å². The average Bonchev–Trinajstić information content (AvgIpc) is 2.31. The SMILES string of the molecule is CC(C)[Si](CCCCCCCCN)(C(C)C)C(C)C. The minimum absolute atomic E-state index is 0.865. The highest BCUT2D eigenvalue weighted by Crippen LogP contribution is 2.45. The van der Waals surface area contributed by atoms with E-state index >= 15 is 0 Å². The Labute approximate surface area is 123 Å². The maximum Gasteiger partial charge on any atom is 0.0612 e. The van der Waals surface area contributed by atoms with E-state index in [0.29, 0.717) is 0 Å². The van der Waals surface area contributed by atoms with Crippen molar-refractivity contribution in [1.82, 2.24) is 0 Å². The summed E-state index contributed by atoms with van der Waals surface area (Å²) in [5, 5.41) is 0. The first kappa shape index (κ1) is 19.2. The van der Waals surface area contributed by atoms with Crippen molar-refractivity contribution in [2.45, 2.75) is 103 Å². The molecule has 0 unspecified atom stereocenters. The van der Waals surface area contributed by atoms with Crippen molar-refractivity contribution in [2.24, 2.45) is 5.73 Å². The van der Waals surface area contributed by atoms with Gasteiger partial charge in [0.2, 0.25) is 0 Å². The van der Waals surface area contributed by atoms with E-state index in [4.69, 9.17) is 5.73 Å². The molecular formula is C17H39NSi. The van der Waals surface area contributed by atoms with Gasteiger partial charge in [-0.05, 0) is 13.0 Å². The lowest BCUT2D eigenvalue weighted by atomic mass is 10.1. The summed E-state index contributed by atoms with van der Waals surface area (Å²) in [5.41, 5.74) is 8.30. The molecule has 0 saturated carbocycles. The van der Waals surface area contributed by atoms with Gasteiger partial charge in [0, 0.05) is 0 Å². The number of hydrogen-bond acceptors (Lipinski definition) is 1. The fourth-order valence-electron chi connectivity index (χ4n) is 4.15. The summed E-state index contributed by atoms with van der Waals surface area (Å²) in [6.07, 6.45) is 8.24. The van der Waals surface area contributed by atoms with Gasteiger partial charge in [-0.3, -0.25) is 0 Å². The van der Waals surface area contributed by atoms with E-state index in [-0.39, 0.29) is 0 Å². The van der Waals surface area contributed by atoms with Gasteiger partial charge in [0.1, 0.15) is 0 Å². The number of nitrogens with two attached hydrogens (primary N) is 1. The molecule has 0 heterocycles. The summed E-state index contributed by atoms with van der Waals surface area (Å²) in [6, 6.07) is 1.54. The van der Waals surface area contributed by atoms with Crippen molar-refractivity contribution < 1.29 is 0 Å². The van der Waals surface area contributed by atoms with Gasteiger partial charge in [-0.15, -0.1) is 0 Å². The zero-order valence-electron chi connectivity index (χ0n) is 14.5. The molecule has 0 atom stereocenters. The van der Waals surface area contributed by atoms with Crippen molar-refractivity contribution in [3.63, 3.8) is 0 Å². The van der Waals surface area contributed by atoms with Crippen molar-refractivity contribution in [2.75, 3.05) is 6.54 Å². The highest BCUT2D eigenvalue weighted by atomic mass is 28.3. The molecule has 2 heteroatoms. The minimum atomic E-state index is -1.12. The maximum atomic E-state index is 5.53. The summed E-state index contributed by atoms with van der Waals surface area (Å²) in [5.74, 6) is 0. The Balaban J connectivity index is 4.14. The van der Waals surface area contributed by atoms with Crippen LogP contribution in [0.2, 0.25) is 22.7 Å². The molecule has 19 heavy (non-hydrogen) atoms. The Morgan fingerprint density at radius 2 is 1.00 bits per heavy atom. The van der Waals surface area contributed by atoms with Crippen LogP contribution in [0.15, 0.2) is 0 Å². The van der Waals surface area contributed by atoms with Crippen LogP contribution in [0.3, 0.4) is 0 Å². The lowest BCUT2D eigenvalue weighted by molar-refractivity contribution is 0.605. The highest BCUT2D eigenvalue weighted by Gasteiger charge is 2.41. The molecule has 0 aliphatic carbocycles. The van der Waals surface area contributed by atoms with Crippen LogP contribution >= 0.6 is 0 Å². The largest absolute Gasteiger partial charge is 0.330 e. The summed E-state index contributed by atoms with van der Waals surface area (Å²) in [7, 11) is -1.12. The molecule has 0 aromatic heterocycles. The quantitative estimate of drug-likeness (QED) is 0.367. The van der Waals surface area contributed by atoms with Crippen LogP contribution in [0.4, 0.5) is 0 Å². The van der Waals surface area contributed by atoms with Gasteiger partial charge in [-0.25, -0.2) is 0 Å². The second-order valence-corrected chi connectivity index (χ2v) is 13.4. The van der Waals surface area contributed by atoms with E-state index in [9.17, 15) is 0 Å². The summed E-state index contributed by atoms with van der Waals surface area (Å²) >= 11 is 0. The van der Waals surface area contributed by atoms with Crippen molar-refractivity contribution >= 4 is 8.07 Å². The average molecular weight is 286 g/mol. The maximum absolute atomic E-state index is 5.53. The van der Waals surface area contributed by atoms with Gasteiger partial charge in [-0.2, -0.15) is 0 Å². The van der Waals surface area contributed by atoms with Crippen LogP contribution in [0, 0.1) is 0 Å². The third-order valence-corrected chi connectivity index (χ3v) is 13.0. The van der Waals surface area contributed by atoms with Crippen LogP contribution in [0.1, 0.15) is 80.1 Å². The molecule has 0 aliphatic rings. The molecule has 0 fully saturated rings. The fourth-order valence-corrected chi connectivity index (χ4v) is 10.7. The van der Waals surface area contributed by atoms with Gasteiger partial charge >= 0.3 is 0 Å². The lowest BCUT2D eigenvalue weighted by Gasteiger charge is -2.43. The summed E-state index contributed by atoms with van der Waals surface area (Å²) in [4.78, 5) is 0. The minimum Gasteiger partial charge on any atom is -0.330 e. The van der Waals surface area contributed by atoms with Crippen LogP contribution in [-0.4, -0.2) is 14.6 Å². The van der Waals surface area contributed by atoms with Gasteiger partial charge < -0.3 is 5.73 Å². The molecule has 116 valence electrons. The standard InChI is InChI=1S/C17H39NSi/c1-15(2)19(16(3)4,17(5)6)14-12-10-8-7-9-11-13-18/h15-17H,7-14,18H2,1-6H3. The molecule has 0 aromatic carbocycles. The molecule has 0 saturated heterocycles. The Hall–Kier alpha value is 0.177. The molecule has 0 bridgehead atoms. The third-order valence-electron chi connectivity index (χ3n) is 5.29. The van der Waals surface area contributed by atoms with Crippen molar-refractivity contribution in [3.8, 4) is 0 Å². The van der Waals surface area contributed by atoms with Gasteiger partial charge in [0.05, 0.1) is 8.07 Å². The van der Waals surface area contributed by atoms with E-state index in [2.05, 4.69) is 41.5 Å². The van der Waals surface area contributed by atoms with Crippen molar-refractivity contribution in [3.05, 3.63) is 0 Å². The highest BCUT2D eigenvalue weighted by molar-refractivity contribution is 6.83. The molecule has 0 rings (SSSR count). The predicted octanol–water partition coefficient (Wildman–Crippen LogP) is 5.96. The Kier molecular flexibility index (Phi) is 10.1. The van der Waals surface area contributed by atoms with Crippen LogP contribution in [-0.2, 0) is 0 Å². The predicted molar refractivity (Wildman–Crippen MR) is 92.6 cm³/mol. The van der Waals surface area contributed by atoms with E-state index in [1.165, 1.54) is 44.6 Å². The van der Waals surface area contributed by atoms with Crippen molar-refractivity contribution in [1.29, 1.82) is 0 Å². The van der Waals surface area contributed by atoms with Crippen LogP contribution < -0.4 is 5.73 Å². The second kappa shape index (κ2) is 9.98. The van der Waals surface area contributed by atoms with E-state index in [1.807, 2.05) is 0 Å². The number of hydrogen-bond donors (Lipinski definition) is 1. The molecule has 0 aliphatic heterocycles. The Bertz CT molecular complexity index is 190. The molecular weight excluding hydrogens is 246 g/mol. The Morgan fingerprint density at radius 3 is 1.37 bits per heavy atom. The zero-order valence-corrected chi connectivity index (χ0v) is 15.5. The summed E-state index contributed by atoms with van der Waals surface area (Å²) in [6.45, 7) is 15.7. The molecule has 2 N–H and O–H groups in total. The second-order valence-electron chi connectivity index (χ2n) is 7.24. The van der Waals surface area contributed by atoms with Crippen LogP contribution in [0.25, 0.3) is 0 Å². The molecule has 0 spiro atoms. The first-order valence-electron chi connectivity index (χ1n) is 8.59. The molecule has 0 radical (unpaired) electrons. The van der Waals surface area contributed by atoms with E-state index in [0.717, 1.165) is 23.2 Å². The third kappa shape index (κ3) is 5.99. The molecule has 0 amide bonds. The molecule has 0 aromatic rings. The monoisotopic (exact) mass is 285 g/mol. The van der Waals surface area contributed by atoms with Gasteiger partial charge in [-0.1, -0.05) is 96.3 Å². The van der Waals surface area contributed by atoms with Crippen LogP contribution in [0.5, 0.6) is 0 Å². The topological polar surface area (TPSA) is 26.0 Å².